The molecule has 1 fully saturated rings. The summed E-state index contributed by atoms with van der Waals surface area (Å²) in [6.07, 6.45) is 3.91. The van der Waals surface area contributed by atoms with Gasteiger partial charge in [0.25, 0.3) is 0 Å². The summed E-state index contributed by atoms with van der Waals surface area (Å²) in [7, 11) is 0. The van der Waals surface area contributed by atoms with E-state index in [4.69, 9.17) is 0 Å². The van der Waals surface area contributed by atoms with Crippen LogP contribution in [-0.2, 0) is 6.54 Å². The number of hydrogen-bond acceptors (Lipinski definition) is 4. The first-order chi connectivity index (χ1) is 9.11. The molecule has 5 heteroatoms. The van der Waals surface area contributed by atoms with Crippen molar-refractivity contribution in [2.24, 2.45) is 5.92 Å². The van der Waals surface area contributed by atoms with Crippen LogP contribution in [0.5, 0.6) is 0 Å². The molecule has 1 saturated heterocycles. The van der Waals surface area contributed by atoms with E-state index in [9.17, 15) is 0 Å². The monoisotopic (exact) mass is 257 g/mol. The highest BCUT2D eigenvalue weighted by atomic mass is 15.3. The maximum Gasteiger partial charge on any atom is 0.225 e. The van der Waals surface area contributed by atoms with Gasteiger partial charge < -0.3 is 9.47 Å². The van der Waals surface area contributed by atoms with Crippen LogP contribution in [0, 0.1) is 26.7 Å². The zero-order valence-electron chi connectivity index (χ0n) is 11.7. The van der Waals surface area contributed by atoms with Gasteiger partial charge in [0.2, 0.25) is 5.95 Å². The summed E-state index contributed by atoms with van der Waals surface area (Å²) in [6.45, 7) is 9.17. The highest BCUT2D eigenvalue weighted by molar-refractivity contribution is 5.35. The molecule has 0 N–H and O–H groups in total. The van der Waals surface area contributed by atoms with E-state index in [0.29, 0.717) is 5.92 Å². The predicted octanol–water partition coefficient (Wildman–Crippen LogP) is 1.73. The highest BCUT2D eigenvalue weighted by Crippen LogP contribution is 2.23. The molecular weight excluding hydrogens is 238 g/mol. The molecule has 5 nitrogen and oxygen atoms in total. The summed E-state index contributed by atoms with van der Waals surface area (Å²) in [5.41, 5.74) is 2.08. The number of hydrogen-bond donors (Lipinski definition) is 0. The molecule has 0 bridgehead atoms. The first-order valence-corrected chi connectivity index (χ1v) is 6.67. The van der Waals surface area contributed by atoms with Crippen LogP contribution in [0.2, 0.25) is 0 Å². The molecule has 3 heterocycles. The number of anilines is 1. The Bertz CT molecular complexity index is 563. The summed E-state index contributed by atoms with van der Waals surface area (Å²) in [6, 6.07) is 2.01. The van der Waals surface area contributed by atoms with Crippen molar-refractivity contribution in [1.82, 2.24) is 19.5 Å². The smallest absolute Gasteiger partial charge is 0.225 e. The third-order valence-electron chi connectivity index (χ3n) is 3.59. The fourth-order valence-electron chi connectivity index (χ4n) is 2.57. The van der Waals surface area contributed by atoms with Gasteiger partial charge in [-0.3, -0.25) is 0 Å². The van der Waals surface area contributed by atoms with Crippen LogP contribution in [0.1, 0.15) is 17.2 Å². The summed E-state index contributed by atoms with van der Waals surface area (Å²) in [5, 5.41) is 0. The highest BCUT2D eigenvalue weighted by Gasteiger charge is 2.29. The first-order valence-electron chi connectivity index (χ1n) is 6.67. The molecule has 2 aromatic rings. The van der Waals surface area contributed by atoms with Crippen LogP contribution in [0.3, 0.4) is 0 Å². The van der Waals surface area contributed by atoms with Crippen molar-refractivity contribution in [2.45, 2.75) is 27.3 Å². The average molecular weight is 257 g/mol. The summed E-state index contributed by atoms with van der Waals surface area (Å²) < 4.78 is 2.21. The standard InChI is InChI=1S/C14H19N5/c1-10-6-11(2)17-14(16-10)19-8-13(9-19)7-18-5-4-15-12(18)3/h4-6,13H,7-9H2,1-3H3. The molecule has 0 unspecified atom stereocenters. The molecule has 3 rings (SSSR count). The second kappa shape index (κ2) is 4.64. The van der Waals surface area contributed by atoms with E-state index in [0.717, 1.165) is 42.8 Å². The molecule has 0 spiro atoms. The lowest BCUT2D eigenvalue weighted by Gasteiger charge is -2.39. The Balaban J connectivity index is 1.62. The summed E-state index contributed by atoms with van der Waals surface area (Å²) >= 11 is 0. The zero-order chi connectivity index (χ0) is 13.4. The van der Waals surface area contributed by atoms with E-state index in [-0.39, 0.29) is 0 Å². The Morgan fingerprint density at radius 3 is 2.42 bits per heavy atom. The number of aryl methyl sites for hydroxylation is 3. The van der Waals surface area contributed by atoms with Gasteiger partial charge in [0, 0.05) is 49.3 Å². The van der Waals surface area contributed by atoms with E-state index in [1.54, 1.807) is 0 Å². The van der Waals surface area contributed by atoms with Gasteiger partial charge in [-0.2, -0.15) is 0 Å². The van der Waals surface area contributed by atoms with Gasteiger partial charge in [-0.1, -0.05) is 0 Å². The molecule has 2 aromatic heterocycles. The predicted molar refractivity (Wildman–Crippen MR) is 74.2 cm³/mol. The first kappa shape index (κ1) is 12.1. The lowest BCUT2D eigenvalue weighted by atomic mass is 10.0. The van der Waals surface area contributed by atoms with Gasteiger partial charge in [-0.05, 0) is 26.8 Å². The number of rotatable bonds is 3. The van der Waals surface area contributed by atoms with Crippen LogP contribution >= 0.6 is 0 Å². The zero-order valence-corrected chi connectivity index (χ0v) is 11.7. The Labute approximate surface area is 113 Å². The van der Waals surface area contributed by atoms with E-state index >= 15 is 0 Å². The van der Waals surface area contributed by atoms with Crippen LogP contribution in [0.4, 0.5) is 5.95 Å². The lowest BCUT2D eigenvalue weighted by Crippen LogP contribution is -2.49. The Morgan fingerprint density at radius 2 is 1.84 bits per heavy atom. The molecule has 0 aliphatic carbocycles. The van der Waals surface area contributed by atoms with Gasteiger partial charge in [0.05, 0.1) is 0 Å². The van der Waals surface area contributed by atoms with Crippen molar-refractivity contribution in [2.75, 3.05) is 18.0 Å². The Morgan fingerprint density at radius 1 is 1.16 bits per heavy atom. The van der Waals surface area contributed by atoms with Crippen LogP contribution < -0.4 is 4.90 Å². The fourth-order valence-corrected chi connectivity index (χ4v) is 2.57. The van der Waals surface area contributed by atoms with Crippen LogP contribution in [0.15, 0.2) is 18.5 Å². The second-order valence-corrected chi connectivity index (χ2v) is 5.35. The second-order valence-electron chi connectivity index (χ2n) is 5.35. The van der Waals surface area contributed by atoms with Crippen molar-refractivity contribution in [3.8, 4) is 0 Å². The number of nitrogens with zero attached hydrogens (tertiary/aromatic N) is 5. The normalized spacial score (nSPS) is 15.6. The fraction of sp³-hybridized carbons (Fsp3) is 0.500. The molecule has 1 aliphatic heterocycles. The quantitative estimate of drug-likeness (QED) is 0.840. The molecule has 0 amide bonds. The van der Waals surface area contributed by atoms with E-state index in [1.165, 1.54) is 0 Å². The Kier molecular flexibility index (Phi) is 2.97. The minimum atomic E-state index is 0.664. The van der Waals surface area contributed by atoms with Crippen molar-refractivity contribution >= 4 is 5.95 Å². The van der Waals surface area contributed by atoms with Crippen molar-refractivity contribution in [1.29, 1.82) is 0 Å². The van der Waals surface area contributed by atoms with Gasteiger partial charge >= 0.3 is 0 Å². The molecule has 0 saturated carbocycles. The maximum absolute atomic E-state index is 4.50. The maximum atomic E-state index is 4.50. The molecule has 0 aromatic carbocycles. The average Bonchev–Trinajstić information content (AvgIpc) is 2.67. The van der Waals surface area contributed by atoms with Crippen molar-refractivity contribution in [3.63, 3.8) is 0 Å². The van der Waals surface area contributed by atoms with E-state index < -0.39 is 0 Å². The summed E-state index contributed by atoms with van der Waals surface area (Å²) in [5.74, 6) is 2.62. The molecule has 0 radical (unpaired) electrons. The van der Waals surface area contributed by atoms with Crippen molar-refractivity contribution < 1.29 is 0 Å². The van der Waals surface area contributed by atoms with Crippen molar-refractivity contribution in [3.05, 3.63) is 35.7 Å². The SMILES string of the molecule is Cc1cc(C)nc(N2CC(Cn3ccnc3C)C2)n1. The molecule has 0 atom stereocenters. The summed E-state index contributed by atoms with van der Waals surface area (Å²) in [4.78, 5) is 15.5. The lowest BCUT2D eigenvalue weighted by molar-refractivity contribution is 0.349. The number of aromatic nitrogens is 4. The van der Waals surface area contributed by atoms with E-state index in [1.807, 2.05) is 39.2 Å². The minimum absolute atomic E-state index is 0.664. The van der Waals surface area contributed by atoms with Crippen LogP contribution in [-0.4, -0.2) is 32.6 Å². The molecule has 100 valence electrons. The van der Waals surface area contributed by atoms with E-state index in [2.05, 4.69) is 24.4 Å². The largest absolute Gasteiger partial charge is 0.340 e. The minimum Gasteiger partial charge on any atom is -0.340 e. The topological polar surface area (TPSA) is 46.8 Å². The Hall–Kier alpha value is -1.91. The molecular formula is C14H19N5. The molecule has 1 aliphatic rings. The molecule has 19 heavy (non-hydrogen) atoms. The van der Waals surface area contributed by atoms with Crippen LogP contribution in [0.25, 0.3) is 0 Å². The van der Waals surface area contributed by atoms with Gasteiger partial charge in [0.15, 0.2) is 0 Å². The number of imidazole rings is 1. The third kappa shape index (κ3) is 2.45. The van der Waals surface area contributed by atoms with Gasteiger partial charge in [0.1, 0.15) is 5.82 Å². The third-order valence-corrected chi connectivity index (χ3v) is 3.59. The van der Waals surface area contributed by atoms with Gasteiger partial charge in [-0.25, -0.2) is 15.0 Å². The van der Waals surface area contributed by atoms with Gasteiger partial charge in [-0.15, -0.1) is 0 Å².